The molecule has 0 unspecified atom stereocenters. The van der Waals surface area contributed by atoms with Crippen molar-refractivity contribution in [3.05, 3.63) is 41.1 Å². The van der Waals surface area contributed by atoms with Gasteiger partial charge in [-0.3, -0.25) is 15.5 Å². The Morgan fingerprint density at radius 1 is 1.33 bits per heavy atom. The predicted octanol–water partition coefficient (Wildman–Crippen LogP) is 1.94. The van der Waals surface area contributed by atoms with Crippen LogP contribution >= 0.6 is 15.9 Å². The highest BCUT2D eigenvalue weighted by Gasteiger charge is 2.19. The molecule has 4 N–H and O–H groups in total. The summed E-state index contributed by atoms with van der Waals surface area (Å²) in [5.41, 5.74) is 2.94. The van der Waals surface area contributed by atoms with Gasteiger partial charge >= 0.3 is 0 Å². The minimum Gasteiger partial charge on any atom is -0.495 e. The molecule has 112 valence electrons. The number of anilines is 2. The number of nitrogens with two attached hydrogens (primary N) is 1. The number of ether oxygens (including phenoxy) is 1. The fraction of sp³-hybridized carbons (Fsp3) is 0.0833. The van der Waals surface area contributed by atoms with Gasteiger partial charge in [-0.15, -0.1) is 0 Å². The largest absolute Gasteiger partial charge is 0.495 e. The molecule has 0 spiro atoms. The Labute approximate surface area is 130 Å². The summed E-state index contributed by atoms with van der Waals surface area (Å²) in [7, 11) is -2.32. The zero-order valence-corrected chi connectivity index (χ0v) is 13.4. The number of methoxy groups -OCH3 is 1. The molecule has 9 heteroatoms. The van der Waals surface area contributed by atoms with Crippen molar-refractivity contribution in [3.8, 4) is 5.75 Å². The topological polar surface area (TPSA) is 106 Å². The molecule has 0 atom stereocenters. The summed E-state index contributed by atoms with van der Waals surface area (Å²) in [5.74, 6) is 5.82. The number of pyridine rings is 1. The number of rotatable bonds is 5. The normalized spacial score (nSPS) is 11.0. The van der Waals surface area contributed by atoms with Crippen molar-refractivity contribution in [2.75, 3.05) is 17.3 Å². The van der Waals surface area contributed by atoms with E-state index in [0.717, 1.165) is 4.47 Å². The smallest absolute Gasteiger partial charge is 0.265 e. The van der Waals surface area contributed by atoms with Crippen LogP contribution < -0.4 is 20.7 Å². The van der Waals surface area contributed by atoms with E-state index in [2.05, 4.69) is 31.1 Å². The fourth-order valence-electron chi connectivity index (χ4n) is 1.65. The van der Waals surface area contributed by atoms with Gasteiger partial charge in [-0.25, -0.2) is 8.42 Å². The Balaban J connectivity index is 2.37. The monoisotopic (exact) mass is 372 g/mol. The summed E-state index contributed by atoms with van der Waals surface area (Å²) in [6.07, 6.45) is 2.66. The van der Waals surface area contributed by atoms with Crippen LogP contribution in [0.15, 0.2) is 46.0 Å². The summed E-state index contributed by atoms with van der Waals surface area (Å²) in [6.45, 7) is 0. The Kier molecular flexibility index (Phi) is 4.66. The van der Waals surface area contributed by atoms with Crippen LogP contribution in [0.4, 0.5) is 11.4 Å². The summed E-state index contributed by atoms with van der Waals surface area (Å²) >= 11 is 3.30. The molecule has 0 saturated heterocycles. The van der Waals surface area contributed by atoms with Crippen molar-refractivity contribution >= 4 is 37.3 Å². The molecule has 0 aliphatic heterocycles. The second kappa shape index (κ2) is 6.29. The van der Waals surface area contributed by atoms with Crippen LogP contribution in [0, 0.1) is 0 Å². The lowest BCUT2D eigenvalue weighted by Gasteiger charge is -2.12. The van der Waals surface area contributed by atoms with E-state index in [9.17, 15) is 8.42 Å². The van der Waals surface area contributed by atoms with Gasteiger partial charge in [0.1, 0.15) is 10.6 Å². The number of aromatic nitrogens is 1. The first-order valence-electron chi connectivity index (χ1n) is 5.75. The lowest BCUT2D eigenvalue weighted by atomic mass is 10.3. The maximum atomic E-state index is 12.4. The van der Waals surface area contributed by atoms with E-state index in [1.165, 1.54) is 25.6 Å². The highest BCUT2D eigenvalue weighted by Crippen LogP contribution is 2.29. The highest BCUT2D eigenvalue weighted by molar-refractivity contribution is 9.10. The standard InChI is InChI=1S/C12H13BrN4O3S/c1-20-11-6-8(2-3-9(11)13)17-21(18,19)12-7-15-5-4-10(12)16-14/h2-7,17H,14H2,1H3,(H,15,16). The van der Waals surface area contributed by atoms with Crippen molar-refractivity contribution < 1.29 is 13.2 Å². The molecule has 0 aliphatic carbocycles. The van der Waals surface area contributed by atoms with E-state index in [1.807, 2.05) is 0 Å². The van der Waals surface area contributed by atoms with Gasteiger partial charge in [-0.1, -0.05) is 0 Å². The number of hydrogen-bond acceptors (Lipinski definition) is 6. The molecule has 1 heterocycles. The number of nitrogens with zero attached hydrogens (tertiary/aromatic N) is 1. The molecule has 7 nitrogen and oxygen atoms in total. The first kappa shape index (κ1) is 15.5. The minimum absolute atomic E-state index is 0.0469. The van der Waals surface area contributed by atoms with Gasteiger partial charge in [-0.2, -0.15) is 0 Å². The Hall–Kier alpha value is -1.84. The lowest BCUT2D eigenvalue weighted by Crippen LogP contribution is -2.17. The molecule has 0 aliphatic rings. The van der Waals surface area contributed by atoms with E-state index in [0.29, 0.717) is 11.4 Å². The van der Waals surface area contributed by atoms with Gasteiger partial charge in [0.05, 0.1) is 23.0 Å². The van der Waals surface area contributed by atoms with E-state index >= 15 is 0 Å². The third-order valence-corrected chi connectivity index (χ3v) is 4.70. The highest BCUT2D eigenvalue weighted by atomic mass is 79.9. The van der Waals surface area contributed by atoms with Crippen LogP contribution in [0.1, 0.15) is 0 Å². The molecule has 2 rings (SSSR count). The van der Waals surface area contributed by atoms with Crippen LogP contribution in [0.5, 0.6) is 5.75 Å². The third kappa shape index (κ3) is 3.43. The van der Waals surface area contributed by atoms with Gasteiger partial charge in [0.15, 0.2) is 0 Å². The molecular formula is C12H13BrN4O3S. The average Bonchev–Trinajstić information content (AvgIpc) is 2.49. The molecule has 2 aromatic rings. The quantitative estimate of drug-likeness (QED) is 0.546. The molecule has 21 heavy (non-hydrogen) atoms. The first-order chi connectivity index (χ1) is 9.97. The van der Waals surface area contributed by atoms with Gasteiger partial charge in [0.25, 0.3) is 10.0 Å². The number of nitrogen functional groups attached to an aromatic ring is 1. The fourth-order valence-corrected chi connectivity index (χ4v) is 3.22. The zero-order chi connectivity index (χ0) is 15.5. The van der Waals surface area contributed by atoms with Gasteiger partial charge in [0.2, 0.25) is 0 Å². The number of halogens is 1. The third-order valence-electron chi connectivity index (χ3n) is 2.63. The average molecular weight is 373 g/mol. The Morgan fingerprint density at radius 2 is 2.10 bits per heavy atom. The van der Waals surface area contributed by atoms with E-state index in [-0.39, 0.29) is 10.6 Å². The van der Waals surface area contributed by atoms with Crippen molar-refractivity contribution in [1.82, 2.24) is 4.98 Å². The lowest BCUT2D eigenvalue weighted by molar-refractivity contribution is 0.412. The summed E-state index contributed by atoms with van der Waals surface area (Å²) in [4.78, 5) is 3.76. The maximum absolute atomic E-state index is 12.4. The Bertz CT molecular complexity index is 752. The molecule has 0 radical (unpaired) electrons. The number of sulfonamides is 1. The van der Waals surface area contributed by atoms with Crippen LogP contribution in [0.3, 0.4) is 0 Å². The van der Waals surface area contributed by atoms with Gasteiger partial charge in [-0.05, 0) is 34.1 Å². The van der Waals surface area contributed by atoms with Crippen LogP contribution in [0.25, 0.3) is 0 Å². The van der Waals surface area contributed by atoms with Crippen LogP contribution in [-0.2, 0) is 10.0 Å². The number of nitrogens with one attached hydrogen (secondary N) is 2. The summed E-state index contributed by atoms with van der Waals surface area (Å²) in [6, 6.07) is 6.32. The number of hydrogen-bond donors (Lipinski definition) is 3. The molecule has 0 saturated carbocycles. The van der Waals surface area contributed by atoms with Crippen molar-refractivity contribution in [1.29, 1.82) is 0 Å². The van der Waals surface area contributed by atoms with E-state index in [4.69, 9.17) is 10.6 Å². The molecule has 0 fully saturated rings. The number of hydrazine groups is 1. The Morgan fingerprint density at radius 3 is 2.76 bits per heavy atom. The molecule has 0 amide bonds. The SMILES string of the molecule is COc1cc(NS(=O)(=O)c2cnccc2NN)ccc1Br. The molecule has 1 aromatic carbocycles. The van der Waals surface area contributed by atoms with Crippen LogP contribution in [0.2, 0.25) is 0 Å². The van der Waals surface area contributed by atoms with E-state index < -0.39 is 10.0 Å². The zero-order valence-electron chi connectivity index (χ0n) is 11.0. The molecule has 1 aromatic heterocycles. The van der Waals surface area contributed by atoms with Gasteiger partial charge in [0, 0.05) is 18.5 Å². The van der Waals surface area contributed by atoms with Crippen molar-refractivity contribution in [2.24, 2.45) is 5.84 Å². The summed E-state index contributed by atoms with van der Waals surface area (Å²) in [5, 5.41) is 0. The molecular weight excluding hydrogens is 360 g/mol. The van der Waals surface area contributed by atoms with Gasteiger partial charge < -0.3 is 10.2 Å². The number of benzene rings is 1. The van der Waals surface area contributed by atoms with Crippen LogP contribution in [-0.4, -0.2) is 20.5 Å². The van der Waals surface area contributed by atoms with Crippen molar-refractivity contribution in [2.45, 2.75) is 4.90 Å². The predicted molar refractivity (Wildman–Crippen MR) is 83.5 cm³/mol. The minimum atomic E-state index is -3.82. The first-order valence-corrected chi connectivity index (χ1v) is 8.02. The summed E-state index contributed by atoms with van der Waals surface area (Å²) < 4.78 is 33.0. The van der Waals surface area contributed by atoms with Crippen molar-refractivity contribution in [3.63, 3.8) is 0 Å². The van der Waals surface area contributed by atoms with E-state index in [1.54, 1.807) is 18.2 Å². The second-order valence-electron chi connectivity index (χ2n) is 3.97. The maximum Gasteiger partial charge on any atom is 0.265 e. The molecule has 0 bridgehead atoms. The second-order valence-corrected chi connectivity index (χ2v) is 6.48.